The number of aromatic nitrogens is 2. The maximum atomic E-state index is 13.7. The van der Waals surface area contributed by atoms with E-state index in [-0.39, 0.29) is 11.9 Å². The van der Waals surface area contributed by atoms with Crippen LogP contribution >= 0.6 is 0 Å². The van der Waals surface area contributed by atoms with Gasteiger partial charge in [0.05, 0.1) is 24.9 Å². The summed E-state index contributed by atoms with van der Waals surface area (Å²) in [5.41, 5.74) is 2.94. The Morgan fingerprint density at radius 3 is 2.77 bits per heavy atom. The molecule has 1 unspecified atom stereocenters. The summed E-state index contributed by atoms with van der Waals surface area (Å²) >= 11 is 0. The van der Waals surface area contributed by atoms with Gasteiger partial charge in [-0.3, -0.25) is 4.90 Å². The third kappa shape index (κ3) is 3.98. The van der Waals surface area contributed by atoms with Gasteiger partial charge in [-0.05, 0) is 37.1 Å². The molecule has 1 aromatic heterocycles. The van der Waals surface area contributed by atoms with Crippen LogP contribution in [0.3, 0.4) is 0 Å². The highest BCUT2D eigenvalue weighted by atomic mass is 19.1. The molecule has 0 aliphatic carbocycles. The summed E-state index contributed by atoms with van der Waals surface area (Å²) in [6, 6.07) is 8.78. The molecule has 3 rings (SSSR count). The van der Waals surface area contributed by atoms with Crippen molar-refractivity contribution in [3.63, 3.8) is 0 Å². The van der Waals surface area contributed by atoms with Crippen LogP contribution in [0.25, 0.3) is 0 Å². The molecule has 0 bridgehead atoms. The number of morpholine rings is 1. The van der Waals surface area contributed by atoms with E-state index in [0.29, 0.717) is 31.1 Å². The van der Waals surface area contributed by atoms with Gasteiger partial charge in [-0.25, -0.2) is 4.39 Å². The van der Waals surface area contributed by atoms with Crippen LogP contribution in [0.2, 0.25) is 0 Å². The van der Waals surface area contributed by atoms with E-state index in [4.69, 9.17) is 4.74 Å². The monoisotopic (exact) mass is 355 g/mol. The van der Waals surface area contributed by atoms with Crippen LogP contribution in [0, 0.1) is 31.0 Å². The topological polar surface area (TPSA) is 74.1 Å². The summed E-state index contributed by atoms with van der Waals surface area (Å²) in [5, 5.41) is 20.9. The number of halogens is 1. The minimum absolute atomic E-state index is 0.0513. The Morgan fingerprint density at radius 1 is 1.31 bits per heavy atom. The molecule has 26 heavy (non-hydrogen) atoms. The molecule has 1 saturated heterocycles. The van der Waals surface area contributed by atoms with E-state index >= 15 is 0 Å². The van der Waals surface area contributed by atoms with Crippen LogP contribution in [0.1, 0.15) is 28.4 Å². The second-order valence-corrected chi connectivity index (χ2v) is 6.35. The van der Waals surface area contributed by atoms with E-state index in [1.54, 1.807) is 12.1 Å². The molecule has 2 aromatic rings. The Morgan fingerprint density at radius 2 is 2.08 bits per heavy atom. The fourth-order valence-corrected chi connectivity index (χ4v) is 3.12. The first-order valence-corrected chi connectivity index (χ1v) is 8.65. The zero-order valence-electron chi connectivity index (χ0n) is 15.0. The Bertz CT molecular complexity index is 814. The molecular weight excluding hydrogens is 333 g/mol. The average Bonchev–Trinajstić information content (AvgIpc) is 2.66. The molecular formula is C19H22FN5O. The number of nitrogens with zero attached hydrogens (tertiary/aromatic N) is 4. The minimum atomic E-state index is -0.260. The second-order valence-electron chi connectivity index (χ2n) is 6.35. The molecule has 1 atom stereocenters. The molecule has 136 valence electrons. The molecule has 1 aliphatic rings. The molecule has 6 nitrogen and oxygen atoms in total. The first kappa shape index (κ1) is 18.2. The van der Waals surface area contributed by atoms with Crippen molar-refractivity contribution >= 4 is 5.82 Å². The van der Waals surface area contributed by atoms with Gasteiger partial charge >= 0.3 is 0 Å². The van der Waals surface area contributed by atoms with E-state index in [1.165, 1.54) is 6.07 Å². The first-order chi connectivity index (χ1) is 12.6. The lowest BCUT2D eigenvalue weighted by Gasteiger charge is -2.35. The van der Waals surface area contributed by atoms with E-state index in [9.17, 15) is 9.65 Å². The van der Waals surface area contributed by atoms with Gasteiger partial charge in [0.1, 0.15) is 17.4 Å². The number of hydrogen-bond acceptors (Lipinski definition) is 6. The molecule has 1 aromatic carbocycles. The summed E-state index contributed by atoms with van der Waals surface area (Å²) in [6.45, 7) is 7.03. The van der Waals surface area contributed by atoms with Crippen LogP contribution in [0.4, 0.5) is 10.2 Å². The van der Waals surface area contributed by atoms with Crippen LogP contribution in [-0.2, 0) is 4.74 Å². The maximum Gasteiger partial charge on any atom is 0.167 e. The number of nitrogens with one attached hydrogen (secondary N) is 1. The van der Waals surface area contributed by atoms with Gasteiger partial charge in [0.2, 0.25) is 0 Å². The maximum absolute atomic E-state index is 13.7. The highest BCUT2D eigenvalue weighted by Gasteiger charge is 2.23. The lowest BCUT2D eigenvalue weighted by molar-refractivity contribution is 0.0186. The fourth-order valence-electron chi connectivity index (χ4n) is 3.12. The zero-order chi connectivity index (χ0) is 18.5. The fraction of sp³-hybridized carbons (Fsp3) is 0.421. The largest absolute Gasteiger partial charge is 0.379 e. The summed E-state index contributed by atoms with van der Waals surface area (Å²) in [4.78, 5) is 2.26. The Kier molecular flexibility index (Phi) is 5.76. The average molecular weight is 355 g/mol. The normalized spacial score (nSPS) is 16.1. The third-order valence-corrected chi connectivity index (χ3v) is 4.75. The van der Waals surface area contributed by atoms with Gasteiger partial charge in [0.15, 0.2) is 5.82 Å². The molecule has 0 saturated carbocycles. The lowest BCUT2D eigenvalue weighted by atomic mass is 10.0. The van der Waals surface area contributed by atoms with Crippen LogP contribution in [0.15, 0.2) is 24.3 Å². The number of anilines is 1. The first-order valence-electron chi connectivity index (χ1n) is 8.65. The zero-order valence-corrected chi connectivity index (χ0v) is 15.0. The van der Waals surface area contributed by atoms with Crippen molar-refractivity contribution in [1.29, 1.82) is 5.26 Å². The predicted molar refractivity (Wildman–Crippen MR) is 96.2 cm³/mol. The molecule has 2 heterocycles. The molecule has 0 spiro atoms. The smallest absolute Gasteiger partial charge is 0.167 e. The van der Waals surface area contributed by atoms with Crippen molar-refractivity contribution in [1.82, 2.24) is 15.1 Å². The molecule has 1 fully saturated rings. The summed E-state index contributed by atoms with van der Waals surface area (Å²) < 4.78 is 19.2. The van der Waals surface area contributed by atoms with Gasteiger partial charge in [0.25, 0.3) is 0 Å². The van der Waals surface area contributed by atoms with Gasteiger partial charge in [-0.2, -0.15) is 10.4 Å². The van der Waals surface area contributed by atoms with Crippen molar-refractivity contribution < 1.29 is 9.13 Å². The highest BCUT2D eigenvalue weighted by Crippen LogP contribution is 2.24. The van der Waals surface area contributed by atoms with Crippen molar-refractivity contribution in [2.75, 3.05) is 38.2 Å². The summed E-state index contributed by atoms with van der Waals surface area (Å²) in [6.07, 6.45) is 0. The quantitative estimate of drug-likeness (QED) is 0.889. The number of hydrogen-bond donors (Lipinski definition) is 1. The number of ether oxygens (including phenoxy) is 1. The van der Waals surface area contributed by atoms with Gasteiger partial charge in [-0.1, -0.05) is 12.1 Å². The molecule has 1 N–H and O–H groups in total. The summed E-state index contributed by atoms with van der Waals surface area (Å²) in [7, 11) is 0. The van der Waals surface area contributed by atoms with Crippen molar-refractivity contribution in [3.05, 3.63) is 52.5 Å². The van der Waals surface area contributed by atoms with E-state index < -0.39 is 0 Å². The molecule has 1 aliphatic heterocycles. The number of aryl methyl sites for hydroxylation is 1. The highest BCUT2D eigenvalue weighted by molar-refractivity contribution is 5.55. The van der Waals surface area contributed by atoms with E-state index in [1.807, 2.05) is 19.9 Å². The second kappa shape index (κ2) is 8.21. The number of rotatable bonds is 5. The molecule has 7 heteroatoms. The van der Waals surface area contributed by atoms with Gasteiger partial charge in [-0.15, -0.1) is 5.10 Å². The van der Waals surface area contributed by atoms with Crippen LogP contribution in [0.5, 0.6) is 0 Å². The third-order valence-electron chi connectivity index (χ3n) is 4.75. The van der Waals surface area contributed by atoms with Crippen LogP contribution < -0.4 is 5.32 Å². The van der Waals surface area contributed by atoms with E-state index in [2.05, 4.69) is 26.5 Å². The molecule has 0 amide bonds. The Hall–Kier alpha value is -2.56. The van der Waals surface area contributed by atoms with Crippen molar-refractivity contribution in [2.45, 2.75) is 19.9 Å². The molecule has 0 radical (unpaired) electrons. The minimum Gasteiger partial charge on any atom is -0.379 e. The van der Waals surface area contributed by atoms with E-state index in [0.717, 1.165) is 29.9 Å². The lowest BCUT2D eigenvalue weighted by Crippen LogP contribution is -2.41. The predicted octanol–water partition coefficient (Wildman–Crippen LogP) is 2.59. The summed E-state index contributed by atoms with van der Waals surface area (Å²) in [5.74, 6) is 0.203. The SMILES string of the molecule is Cc1nnc(NCC(c2cccc(F)c2)N2CCOCC2)c(C#N)c1C. The van der Waals surface area contributed by atoms with Crippen molar-refractivity contribution in [3.8, 4) is 6.07 Å². The van der Waals surface area contributed by atoms with Crippen molar-refractivity contribution in [2.24, 2.45) is 0 Å². The van der Waals surface area contributed by atoms with Crippen LogP contribution in [-0.4, -0.2) is 47.9 Å². The van der Waals surface area contributed by atoms with Gasteiger partial charge in [0, 0.05) is 19.6 Å². The number of nitriles is 1. The Balaban J connectivity index is 1.85. The number of benzene rings is 1. The standard InChI is InChI=1S/C19H22FN5O/c1-13-14(2)23-24-19(17(13)11-21)22-12-18(25-6-8-26-9-7-25)15-4-3-5-16(20)10-15/h3-5,10,18H,6-9,12H2,1-2H3,(H,22,24). The Labute approximate surface area is 152 Å². The van der Waals surface area contributed by atoms with Gasteiger partial charge < -0.3 is 10.1 Å².